The van der Waals surface area contributed by atoms with E-state index in [0.717, 1.165) is 12.0 Å². The highest BCUT2D eigenvalue weighted by Crippen LogP contribution is 2.26. The second-order valence-electron chi connectivity index (χ2n) is 5.66. The molecular weight excluding hydrogens is 348 g/mol. The number of piperazine rings is 1. The molecule has 6 nitrogen and oxygen atoms in total. The summed E-state index contributed by atoms with van der Waals surface area (Å²) in [5.41, 5.74) is 2.23. The van der Waals surface area contributed by atoms with E-state index < -0.39 is 10.2 Å². The number of benzene rings is 1. The highest BCUT2D eigenvalue weighted by atomic mass is 35.5. The molecule has 1 saturated heterocycles. The number of halogens is 1. The Kier molecular flexibility index (Phi) is 8.13. The van der Waals surface area contributed by atoms with Crippen molar-refractivity contribution in [1.82, 2.24) is 13.9 Å². The topological polar surface area (TPSA) is 76.4 Å². The second kappa shape index (κ2) is 9.35. The molecule has 1 aliphatic heterocycles. The van der Waals surface area contributed by atoms with Gasteiger partial charge in [-0.25, -0.2) is 0 Å². The SMILES string of the molecule is CCc1ccc(C2CNCCN2S(=O)(=O)N(C)CCC#N)cc1.Cl. The first-order valence-corrected chi connectivity index (χ1v) is 9.30. The second-order valence-corrected chi connectivity index (χ2v) is 7.65. The third kappa shape index (κ3) is 4.68. The molecule has 0 spiro atoms. The smallest absolute Gasteiger partial charge is 0.282 e. The Bertz CT molecular complexity index is 658. The van der Waals surface area contributed by atoms with Gasteiger partial charge in [-0.05, 0) is 17.5 Å². The van der Waals surface area contributed by atoms with E-state index in [2.05, 4.69) is 12.2 Å². The Balaban J connectivity index is 0.00000288. The van der Waals surface area contributed by atoms with E-state index in [4.69, 9.17) is 5.26 Å². The molecule has 1 aromatic carbocycles. The van der Waals surface area contributed by atoms with Gasteiger partial charge in [0.15, 0.2) is 0 Å². The molecule has 1 N–H and O–H groups in total. The summed E-state index contributed by atoms with van der Waals surface area (Å²) in [5, 5.41) is 11.9. The van der Waals surface area contributed by atoms with Crippen LogP contribution < -0.4 is 5.32 Å². The summed E-state index contributed by atoms with van der Waals surface area (Å²) < 4.78 is 28.4. The largest absolute Gasteiger partial charge is 0.313 e. The number of nitrogens with one attached hydrogen (secondary N) is 1. The van der Waals surface area contributed by atoms with Crippen LogP contribution in [0.25, 0.3) is 0 Å². The molecule has 1 atom stereocenters. The lowest BCUT2D eigenvalue weighted by Crippen LogP contribution is -2.52. The Morgan fingerprint density at radius 2 is 2.04 bits per heavy atom. The van der Waals surface area contributed by atoms with Crippen LogP contribution in [0.3, 0.4) is 0 Å². The molecule has 1 unspecified atom stereocenters. The maximum atomic E-state index is 12.8. The van der Waals surface area contributed by atoms with Crippen LogP contribution in [0.2, 0.25) is 0 Å². The zero-order valence-corrected chi connectivity index (χ0v) is 15.7. The highest BCUT2D eigenvalue weighted by molar-refractivity contribution is 7.86. The van der Waals surface area contributed by atoms with Crippen molar-refractivity contribution in [2.45, 2.75) is 25.8 Å². The first-order chi connectivity index (χ1) is 11.0. The third-order valence-corrected chi connectivity index (χ3v) is 6.20. The van der Waals surface area contributed by atoms with E-state index in [-0.39, 0.29) is 31.4 Å². The fourth-order valence-electron chi connectivity index (χ4n) is 2.72. The van der Waals surface area contributed by atoms with Crippen molar-refractivity contribution in [1.29, 1.82) is 5.26 Å². The van der Waals surface area contributed by atoms with Gasteiger partial charge in [0.05, 0.1) is 12.1 Å². The van der Waals surface area contributed by atoms with E-state index >= 15 is 0 Å². The van der Waals surface area contributed by atoms with Crippen LogP contribution in [0.5, 0.6) is 0 Å². The number of hydrogen-bond acceptors (Lipinski definition) is 4. The molecule has 8 heteroatoms. The predicted molar refractivity (Wildman–Crippen MR) is 97.2 cm³/mol. The first kappa shape index (κ1) is 20.9. The predicted octanol–water partition coefficient (Wildman–Crippen LogP) is 1.71. The third-order valence-electron chi connectivity index (χ3n) is 4.20. The van der Waals surface area contributed by atoms with E-state index in [9.17, 15) is 8.42 Å². The summed E-state index contributed by atoms with van der Waals surface area (Å²) in [5.74, 6) is 0. The van der Waals surface area contributed by atoms with Crippen molar-refractivity contribution in [3.05, 3.63) is 35.4 Å². The molecule has 24 heavy (non-hydrogen) atoms. The minimum absolute atomic E-state index is 0. The van der Waals surface area contributed by atoms with Crippen molar-refractivity contribution in [2.24, 2.45) is 0 Å². The maximum absolute atomic E-state index is 12.8. The summed E-state index contributed by atoms with van der Waals surface area (Å²) in [6.45, 7) is 3.97. The maximum Gasteiger partial charge on any atom is 0.282 e. The fraction of sp³-hybridized carbons (Fsp3) is 0.562. The molecule has 1 heterocycles. The summed E-state index contributed by atoms with van der Waals surface area (Å²) in [7, 11) is -2.04. The minimum atomic E-state index is -3.57. The van der Waals surface area contributed by atoms with Crippen molar-refractivity contribution >= 4 is 22.6 Å². The van der Waals surface area contributed by atoms with Crippen LogP contribution in [0, 0.1) is 11.3 Å². The van der Waals surface area contributed by atoms with Crippen LogP contribution in [0.4, 0.5) is 0 Å². The van der Waals surface area contributed by atoms with Crippen LogP contribution in [0.15, 0.2) is 24.3 Å². The number of aryl methyl sites for hydroxylation is 1. The van der Waals surface area contributed by atoms with Crippen molar-refractivity contribution in [3.8, 4) is 6.07 Å². The standard InChI is InChI=1S/C16H24N4O2S.ClH/c1-3-14-5-7-15(8-6-14)16-13-18-10-12-20(16)23(21,22)19(2)11-4-9-17;/h5-8,16,18H,3-4,10-13H2,1-2H3;1H. The van der Waals surface area contributed by atoms with Gasteiger partial charge in [0.1, 0.15) is 0 Å². The zero-order valence-electron chi connectivity index (χ0n) is 14.1. The molecule has 1 aliphatic rings. The molecular formula is C16H25ClN4O2S. The molecule has 0 aromatic heterocycles. The Morgan fingerprint density at radius 1 is 1.38 bits per heavy atom. The van der Waals surface area contributed by atoms with Gasteiger partial charge in [0, 0.05) is 39.6 Å². The van der Waals surface area contributed by atoms with Gasteiger partial charge in [-0.1, -0.05) is 31.2 Å². The minimum Gasteiger partial charge on any atom is -0.313 e. The first-order valence-electron chi connectivity index (χ1n) is 7.90. The highest BCUT2D eigenvalue weighted by Gasteiger charge is 2.35. The lowest BCUT2D eigenvalue weighted by Gasteiger charge is -2.37. The van der Waals surface area contributed by atoms with E-state index in [1.165, 1.54) is 16.9 Å². The number of rotatable bonds is 6. The number of nitriles is 1. The quantitative estimate of drug-likeness (QED) is 0.824. The molecule has 1 fully saturated rings. The Hall–Kier alpha value is -1.17. The number of nitrogens with zero attached hydrogens (tertiary/aromatic N) is 3. The van der Waals surface area contributed by atoms with Crippen LogP contribution >= 0.6 is 12.4 Å². The molecule has 0 aliphatic carbocycles. The van der Waals surface area contributed by atoms with Gasteiger partial charge in [-0.3, -0.25) is 0 Å². The fourth-order valence-corrected chi connectivity index (χ4v) is 4.24. The van der Waals surface area contributed by atoms with E-state index in [1.807, 2.05) is 30.3 Å². The van der Waals surface area contributed by atoms with Gasteiger partial charge in [0.2, 0.25) is 0 Å². The van der Waals surface area contributed by atoms with Gasteiger partial charge in [-0.2, -0.15) is 22.3 Å². The molecule has 2 rings (SSSR count). The van der Waals surface area contributed by atoms with Gasteiger partial charge < -0.3 is 5.32 Å². The van der Waals surface area contributed by atoms with Crippen LogP contribution in [-0.2, 0) is 16.6 Å². The van der Waals surface area contributed by atoms with Gasteiger partial charge in [0.25, 0.3) is 10.2 Å². The molecule has 0 saturated carbocycles. The van der Waals surface area contributed by atoms with Crippen LogP contribution in [0.1, 0.15) is 30.5 Å². The average molecular weight is 373 g/mol. The molecule has 134 valence electrons. The summed E-state index contributed by atoms with van der Waals surface area (Å²) in [4.78, 5) is 0. The molecule has 1 aromatic rings. The van der Waals surface area contributed by atoms with Crippen molar-refractivity contribution in [3.63, 3.8) is 0 Å². The van der Waals surface area contributed by atoms with Crippen molar-refractivity contribution in [2.75, 3.05) is 33.2 Å². The summed E-state index contributed by atoms with van der Waals surface area (Å²) in [6.07, 6.45) is 1.15. The summed E-state index contributed by atoms with van der Waals surface area (Å²) >= 11 is 0. The zero-order chi connectivity index (χ0) is 16.9. The van der Waals surface area contributed by atoms with E-state index in [1.54, 1.807) is 4.31 Å². The number of hydrogen-bond donors (Lipinski definition) is 1. The normalized spacial score (nSPS) is 18.8. The van der Waals surface area contributed by atoms with Gasteiger partial charge >= 0.3 is 0 Å². The van der Waals surface area contributed by atoms with E-state index in [0.29, 0.717) is 19.6 Å². The summed E-state index contributed by atoms with van der Waals surface area (Å²) in [6, 6.07) is 9.89. The Labute approximate surface area is 151 Å². The van der Waals surface area contributed by atoms with Crippen LogP contribution in [-0.4, -0.2) is 50.3 Å². The Morgan fingerprint density at radius 3 is 2.62 bits per heavy atom. The van der Waals surface area contributed by atoms with Crippen molar-refractivity contribution < 1.29 is 8.42 Å². The van der Waals surface area contributed by atoms with Gasteiger partial charge in [-0.15, -0.1) is 12.4 Å². The monoisotopic (exact) mass is 372 g/mol. The molecule has 0 bridgehead atoms. The molecule has 0 amide bonds. The lowest BCUT2D eigenvalue weighted by molar-refractivity contribution is 0.253. The average Bonchev–Trinajstić information content (AvgIpc) is 2.59. The lowest BCUT2D eigenvalue weighted by atomic mass is 10.0. The molecule has 0 radical (unpaired) electrons.